The fourth-order valence-electron chi connectivity index (χ4n) is 1.16. The monoisotopic (exact) mass is 244 g/mol. The maximum absolute atomic E-state index is 9.58. The predicted molar refractivity (Wildman–Crippen MR) is 55.8 cm³/mol. The molecule has 72 valence electrons. The summed E-state index contributed by atoms with van der Waals surface area (Å²) in [5.74, 6) is 0.224. The van der Waals surface area contributed by atoms with Gasteiger partial charge in [0.15, 0.2) is 0 Å². The number of phenolic OH excluding ortho intramolecular Hbond substituents is 1. The Morgan fingerprint density at radius 3 is 2.54 bits per heavy atom. The highest BCUT2D eigenvalue weighted by Gasteiger charge is 2.15. The van der Waals surface area contributed by atoms with Crippen LogP contribution in [0.1, 0.15) is 19.4 Å². The molecular formula is C10H13BrO2. The van der Waals surface area contributed by atoms with Gasteiger partial charge in [-0.25, -0.2) is 0 Å². The molecular weight excluding hydrogens is 232 g/mol. The molecule has 0 saturated heterocycles. The second kappa shape index (κ2) is 3.68. The van der Waals surface area contributed by atoms with Gasteiger partial charge in [-0.15, -0.1) is 0 Å². The zero-order valence-electron chi connectivity index (χ0n) is 7.71. The summed E-state index contributed by atoms with van der Waals surface area (Å²) in [4.78, 5) is 0. The Morgan fingerprint density at radius 2 is 2.00 bits per heavy atom. The number of aromatic hydroxyl groups is 1. The highest BCUT2D eigenvalue weighted by atomic mass is 79.9. The molecule has 13 heavy (non-hydrogen) atoms. The Balaban J connectivity index is 2.94. The van der Waals surface area contributed by atoms with Crippen LogP contribution in [0, 0.1) is 0 Å². The van der Waals surface area contributed by atoms with Gasteiger partial charge >= 0.3 is 0 Å². The third-order valence-corrected chi connectivity index (χ3v) is 2.43. The Hall–Kier alpha value is -0.540. The van der Waals surface area contributed by atoms with Crippen molar-refractivity contribution in [3.05, 3.63) is 28.2 Å². The molecule has 0 fully saturated rings. The lowest BCUT2D eigenvalue weighted by Gasteiger charge is -2.17. The molecule has 0 aliphatic rings. The molecule has 0 heterocycles. The van der Waals surface area contributed by atoms with Crippen LogP contribution in [0.15, 0.2) is 22.7 Å². The van der Waals surface area contributed by atoms with E-state index in [4.69, 9.17) is 0 Å². The molecule has 1 aromatic rings. The largest absolute Gasteiger partial charge is 0.508 e. The maximum atomic E-state index is 9.58. The minimum atomic E-state index is -0.754. The summed E-state index contributed by atoms with van der Waals surface area (Å²) < 4.78 is 0.910. The highest BCUT2D eigenvalue weighted by Crippen LogP contribution is 2.25. The first-order valence-electron chi connectivity index (χ1n) is 4.08. The van der Waals surface area contributed by atoms with Gasteiger partial charge in [0.1, 0.15) is 5.75 Å². The van der Waals surface area contributed by atoms with Crippen molar-refractivity contribution < 1.29 is 10.2 Å². The van der Waals surface area contributed by atoms with E-state index in [0.717, 1.165) is 10.0 Å². The van der Waals surface area contributed by atoms with Crippen LogP contribution in [-0.2, 0) is 6.42 Å². The molecule has 0 bridgehead atoms. The van der Waals surface area contributed by atoms with Gasteiger partial charge in [-0.05, 0) is 37.6 Å². The molecule has 0 aliphatic carbocycles. The summed E-state index contributed by atoms with van der Waals surface area (Å²) in [5.41, 5.74) is 0.156. The third kappa shape index (κ3) is 3.36. The number of hydrogen-bond acceptors (Lipinski definition) is 2. The van der Waals surface area contributed by atoms with Gasteiger partial charge in [-0.1, -0.05) is 15.9 Å². The van der Waals surface area contributed by atoms with Gasteiger partial charge in [0.2, 0.25) is 0 Å². The van der Waals surface area contributed by atoms with Gasteiger partial charge in [0, 0.05) is 10.9 Å². The summed E-state index contributed by atoms with van der Waals surface area (Å²) in [6.07, 6.45) is 0.516. The van der Waals surface area contributed by atoms with Crippen molar-refractivity contribution in [2.75, 3.05) is 0 Å². The molecule has 0 aromatic heterocycles. The molecule has 2 nitrogen and oxygen atoms in total. The summed E-state index contributed by atoms with van der Waals surface area (Å²) in [5, 5.41) is 18.8. The first-order valence-corrected chi connectivity index (χ1v) is 4.87. The van der Waals surface area contributed by atoms with Crippen molar-refractivity contribution in [2.24, 2.45) is 0 Å². The fraction of sp³-hybridized carbons (Fsp3) is 0.400. The molecule has 1 aromatic carbocycles. The average molecular weight is 245 g/mol. The van der Waals surface area contributed by atoms with Crippen molar-refractivity contribution in [1.82, 2.24) is 0 Å². The number of hydrogen-bond donors (Lipinski definition) is 2. The van der Waals surface area contributed by atoms with Crippen molar-refractivity contribution in [3.63, 3.8) is 0 Å². The normalized spacial score (nSPS) is 11.7. The minimum absolute atomic E-state index is 0.224. The number of phenols is 1. The van der Waals surface area contributed by atoms with E-state index in [1.54, 1.807) is 32.0 Å². The van der Waals surface area contributed by atoms with E-state index >= 15 is 0 Å². The molecule has 1 rings (SSSR count). The lowest BCUT2D eigenvalue weighted by molar-refractivity contribution is 0.0808. The second-order valence-corrected chi connectivity index (χ2v) is 4.62. The molecule has 2 N–H and O–H groups in total. The molecule has 0 saturated carbocycles. The van der Waals surface area contributed by atoms with E-state index in [1.807, 2.05) is 0 Å². The summed E-state index contributed by atoms with van der Waals surface area (Å²) >= 11 is 3.36. The van der Waals surface area contributed by atoms with Crippen LogP contribution in [0.25, 0.3) is 0 Å². The lowest BCUT2D eigenvalue weighted by Crippen LogP contribution is -2.21. The van der Waals surface area contributed by atoms with Gasteiger partial charge < -0.3 is 10.2 Å². The SMILES string of the molecule is CC(C)(O)Cc1cc(O)ccc1Br. The van der Waals surface area contributed by atoms with E-state index in [9.17, 15) is 10.2 Å². The van der Waals surface area contributed by atoms with Crippen molar-refractivity contribution in [2.45, 2.75) is 25.9 Å². The smallest absolute Gasteiger partial charge is 0.115 e. The number of rotatable bonds is 2. The van der Waals surface area contributed by atoms with Crippen LogP contribution in [0.5, 0.6) is 5.75 Å². The van der Waals surface area contributed by atoms with Gasteiger partial charge in [-0.2, -0.15) is 0 Å². The summed E-state index contributed by atoms with van der Waals surface area (Å²) in [7, 11) is 0. The second-order valence-electron chi connectivity index (χ2n) is 3.76. The predicted octanol–water partition coefficient (Wildman–Crippen LogP) is 2.47. The average Bonchev–Trinajstić information content (AvgIpc) is 1.94. The van der Waals surface area contributed by atoms with E-state index in [0.29, 0.717) is 6.42 Å². The van der Waals surface area contributed by atoms with Gasteiger partial charge in [0.05, 0.1) is 5.60 Å². The Bertz CT molecular complexity index is 302. The van der Waals surface area contributed by atoms with Crippen LogP contribution in [-0.4, -0.2) is 15.8 Å². The van der Waals surface area contributed by atoms with Crippen molar-refractivity contribution in [3.8, 4) is 5.75 Å². The number of halogens is 1. The molecule has 0 spiro atoms. The number of benzene rings is 1. The molecule has 0 radical (unpaired) electrons. The summed E-state index contributed by atoms with van der Waals surface area (Å²) in [6.45, 7) is 3.48. The Labute approximate surface area is 86.3 Å². The van der Waals surface area contributed by atoms with Gasteiger partial charge in [-0.3, -0.25) is 0 Å². The minimum Gasteiger partial charge on any atom is -0.508 e. The van der Waals surface area contributed by atoms with E-state index in [-0.39, 0.29) is 5.75 Å². The lowest BCUT2D eigenvalue weighted by atomic mass is 9.99. The van der Waals surface area contributed by atoms with Crippen LogP contribution < -0.4 is 0 Å². The molecule has 0 aliphatic heterocycles. The number of aliphatic hydroxyl groups is 1. The van der Waals surface area contributed by atoms with E-state index in [2.05, 4.69) is 15.9 Å². The Kier molecular flexibility index (Phi) is 2.98. The Morgan fingerprint density at radius 1 is 1.38 bits per heavy atom. The van der Waals surface area contributed by atoms with Crippen LogP contribution >= 0.6 is 15.9 Å². The summed E-state index contributed by atoms with van der Waals surface area (Å²) in [6, 6.07) is 5.04. The molecule has 0 unspecified atom stereocenters. The molecule has 3 heteroatoms. The first kappa shape index (κ1) is 10.5. The quantitative estimate of drug-likeness (QED) is 0.840. The topological polar surface area (TPSA) is 40.5 Å². The van der Waals surface area contributed by atoms with E-state index < -0.39 is 5.60 Å². The highest BCUT2D eigenvalue weighted by molar-refractivity contribution is 9.10. The van der Waals surface area contributed by atoms with Crippen LogP contribution in [0.4, 0.5) is 0 Å². The maximum Gasteiger partial charge on any atom is 0.115 e. The van der Waals surface area contributed by atoms with E-state index in [1.165, 1.54) is 0 Å². The zero-order valence-corrected chi connectivity index (χ0v) is 9.30. The van der Waals surface area contributed by atoms with Crippen molar-refractivity contribution in [1.29, 1.82) is 0 Å². The fourth-order valence-corrected chi connectivity index (χ4v) is 1.55. The van der Waals surface area contributed by atoms with Crippen LogP contribution in [0.2, 0.25) is 0 Å². The molecule has 0 amide bonds. The first-order chi connectivity index (χ1) is 5.88. The van der Waals surface area contributed by atoms with Crippen molar-refractivity contribution >= 4 is 15.9 Å². The molecule has 0 atom stereocenters. The van der Waals surface area contributed by atoms with Crippen LogP contribution in [0.3, 0.4) is 0 Å². The van der Waals surface area contributed by atoms with Gasteiger partial charge in [0.25, 0.3) is 0 Å². The zero-order chi connectivity index (χ0) is 10.1. The standard InChI is InChI=1S/C10H13BrO2/c1-10(2,13)6-7-5-8(12)3-4-9(7)11/h3-5,12-13H,6H2,1-2H3. The third-order valence-electron chi connectivity index (χ3n) is 1.65.